The fourth-order valence-corrected chi connectivity index (χ4v) is 3.31. The number of fused-ring (bicyclic) bond motifs is 3. The van der Waals surface area contributed by atoms with Crippen LogP contribution in [0.1, 0.15) is 43.0 Å². The van der Waals surface area contributed by atoms with Crippen molar-refractivity contribution in [1.82, 2.24) is 0 Å². The molecule has 0 unspecified atom stereocenters. The predicted octanol–water partition coefficient (Wildman–Crippen LogP) is 4.31. The first-order chi connectivity index (χ1) is 10.2. The molecule has 2 heteroatoms. The van der Waals surface area contributed by atoms with Crippen molar-refractivity contribution in [2.45, 2.75) is 40.0 Å². The number of hydrogen-bond acceptors (Lipinski definition) is 2. The number of ether oxygens (including phenoxy) is 1. The van der Waals surface area contributed by atoms with Crippen molar-refractivity contribution in [2.24, 2.45) is 0 Å². The minimum Gasteiger partial charge on any atom is -0.426 e. The highest BCUT2D eigenvalue weighted by Gasteiger charge is 2.26. The van der Waals surface area contributed by atoms with Gasteiger partial charge in [-0.2, -0.15) is 0 Å². The van der Waals surface area contributed by atoms with E-state index in [4.69, 9.17) is 4.74 Å². The standard InChI is InChI=1S/C19H20O2/c1-4-13-10-17-16-9-7-6-8-14(16)11-18(17)19(15(13)5-2)21-12(3)20/h6-10H,4-5,11H2,1-3H3. The van der Waals surface area contributed by atoms with Crippen LogP contribution in [0.15, 0.2) is 30.3 Å². The van der Waals surface area contributed by atoms with E-state index in [1.165, 1.54) is 40.3 Å². The van der Waals surface area contributed by atoms with Crippen molar-refractivity contribution in [2.75, 3.05) is 0 Å². The molecule has 108 valence electrons. The number of carbonyl (C=O) groups is 1. The van der Waals surface area contributed by atoms with Crippen LogP contribution in [0.4, 0.5) is 0 Å². The highest BCUT2D eigenvalue weighted by Crippen LogP contribution is 2.44. The summed E-state index contributed by atoms with van der Waals surface area (Å²) in [6.07, 6.45) is 2.69. The molecule has 0 heterocycles. The zero-order valence-corrected chi connectivity index (χ0v) is 12.8. The Hall–Kier alpha value is -2.09. The third-order valence-corrected chi connectivity index (χ3v) is 4.23. The lowest BCUT2D eigenvalue weighted by Crippen LogP contribution is -2.08. The van der Waals surface area contributed by atoms with Crippen LogP contribution in [-0.4, -0.2) is 5.97 Å². The van der Waals surface area contributed by atoms with E-state index in [2.05, 4.69) is 44.2 Å². The molecule has 0 N–H and O–H groups in total. The van der Waals surface area contributed by atoms with Crippen molar-refractivity contribution in [1.29, 1.82) is 0 Å². The molecular formula is C19H20O2. The van der Waals surface area contributed by atoms with Crippen molar-refractivity contribution in [3.05, 3.63) is 52.6 Å². The van der Waals surface area contributed by atoms with E-state index in [0.29, 0.717) is 0 Å². The van der Waals surface area contributed by atoms with E-state index in [1.807, 2.05) is 0 Å². The lowest BCUT2D eigenvalue weighted by Gasteiger charge is -2.17. The van der Waals surface area contributed by atoms with Crippen LogP contribution in [0.5, 0.6) is 5.75 Å². The fraction of sp³-hybridized carbons (Fsp3) is 0.316. The average Bonchev–Trinajstić information content (AvgIpc) is 2.85. The van der Waals surface area contributed by atoms with E-state index in [9.17, 15) is 4.79 Å². The summed E-state index contributed by atoms with van der Waals surface area (Å²) in [7, 11) is 0. The highest BCUT2D eigenvalue weighted by molar-refractivity contribution is 5.82. The Morgan fingerprint density at radius 2 is 1.90 bits per heavy atom. The Bertz CT molecular complexity index is 714. The van der Waals surface area contributed by atoms with Gasteiger partial charge >= 0.3 is 5.97 Å². The van der Waals surface area contributed by atoms with Gasteiger partial charge in [0.15, 0.2) is 0 Å². The molecule has 0 saturated carbocycles. The van der Waals surface area contributed by atoms with Crippen LogP contribution in [0.2, 0.25) is 0 Å². The molecule has 3 rings (SSSR count). The van der Waals surface area contributed by atoms with Gasteiger partial charge in [0.05, 0.1) is 0 Å². The average molecular weight is 280 g/mol. The Labute approximate surface area is 125 Å². The highest BCUT2D eigenvalue weighted by atomic mass is 16.5. The topological polar surface area (TPSA) is 26.3 Å². The first kappa shape index (κ1) is 13.9. The van der Waals surface area contributed by atoms with Crippen molar-refractivity contribution >= 4 is 5.97 Å². The molecular weight excluding hydrogens is 260 g/mol. The molecule has 0 atom stereocenters. The molecule has 0 aromatic heterocycles. The summed E-state index contributed by atoms with van der Waals surface area (Å²) in [6, 6.07) is 10.7. The summed E-state index contributed by atoms with van der Waals surface area (Å²) in [4.78, 5) is 11.5. The van der Waals surface area contributed by atoms with Gasteiger partial charge < -0.3 is 4.74 Å². The molecule has 1 aliphatic rings. The lowest BCUT2D eigenvalue weighted by atomic mass is 9.94. The zero-order valence-electron chi connectivity index (χ0n) is 12.8. The van der Waals surface area contributed by atoms with Crippen LogP contribution in [0.3, 0.4) is 0 Å². The second kappa shape index (κ2) is 5.36. The van der Waals surface area contributed by atoms with Gasteiger partial charge in [0.2, 0.25) is 0 Å². The number of hydrogen-bond donors (Lipinski definition) is 0. The number of esters is 1. The van der Waals surface area contributed by atoms with Crippen LogP contribution in [-0.2, 0) is 24.1 Å². The molecule has 0 radical (unpaired) electrons. The van der Waals surface area contributed by atoms with Gasteiger partial charge in [-0.15, -0.1) is 0 Å². The molecule has 2 aromatic rings. The van der Waals surface area contributed by atoms with Gasteiger partial charge in [-0.3, -0.25) is 4.79 Å². The van der Waals surface area contributed by atoms with Gasteiger partial charge in [0.1, 0.15) is 5.75 Å². The summed E-state index contributed by atoms with van der Waals surface area (Å²) in [6.45, 7) is 5.75. The van der Waals surface area contributed by atoms with E-state index in [0.717, 1.165) is 25.0 Å². The Morgan fingerprint density at radius 3 is 2.57 bits per heavy atom. The van der Waals surface area contributed by atoms with E-state index in [1.54, 1.807) is 0 Å². The van der Waals surface area contributed by atoms with Gasteiger partial charge in [-0.1, -0.05) is 44.2 Å². The smallest absolute Gasteiger partial charge is 0.308 e. The van der Waals surface area contributed by atoms with Crippen LogP contribution in [0.25, 0.3) is 11.1 Å². The van der Waals surface area contributed by atoms with Crippen molar-refractivity contribution in [3.8, 4) is 16.9 Å². The van der Waals surface area contributed by atoms with E-state index in [-0.39, 0.29) is 5.97 Å². The quantitative estimate of drug-likeness (QED) is 0.528. The summed E-state index contributed by atoms with van der Waals surface area (Å²) in [5.74, 6) is 0.562. The molecule has 21 heavy (non-hydrogen) atoms. The minimum atomic E-state index is -0.240. The molecule has 2 nitrogen and oxygen atoms in total. The monoisotopic (exact) mass is 280 g/mol. The summed E-state index contributed by atoms with van der Waals surface area (Å²) < 4.78 is 5.61. The predicted molar refractivity (Wildman–Crippen MR) is 84.7 cm³/mol. The summed E-state index contributed by atoms with van der Waals surface area (Å²) in [5.41, 5.74) is 7.45. The molecule has 0 aliphatic heterocycles. The third kappa shape index (κ3) is 2.25. The molecule has 0 fully saturated rings. The van der Waals surface area contributed by atoms with Crippen LogP contribution < -0.4 is 4.74 Å². The molecule has 2 aromatic carbocycles. The first-order valence-corrected chi connectivity index (χ1v) is 7.60. The third-order valence-electron chi connectivity index (χ3n) is 4.23. The van der Waals surface area contributed by atoms with Gasteiger partial charge in [0.25, 0.3) is 0 Å². The maximum absolute atomic E-state index is 11.5. The Kier molecular flexibility index (Phi) is 3.54. The first-order valence-electron chi connectivity index (χ1n) is 7.60. The van der Waals surface area contributed by atoms with Crippen molar-refractivity contribution < 1.29 is 9.53 Å². The van der Waals surface area contributed by atoms with Crippen LogP contribution >= 0.6 is 0 Å². The van der Waals surface area contributed by atoms with Gasteiger partial charge in [-0.25, -0.2) is 0 Å². The second-order valence-corrected chi connectivity index (χ2v) is 5.50. The van der Waals surface area contributed by atoms with Crippen LogP contribution in [0, 0.1) is 0 Å². The maximum atomic E-state index is 11.5. The molecule has 0 saturated heterocycles. The SMILES string of the molecule is CCc1cc2c(c(OC(C)=O)c1CC)Cc1ccccc1-2. The molecule has 0 bridgehead atoms. The molecule has 0 amide bonds. The minimum absolute atomic E-state index is 0.240. The fourth-order valence-electron chi connectivity index (χ4n) is 3.31. The Morgan fingerprint density at radius 1 is 1.14 bits per heavy atom. The van der Waals surface area contributed by atoms with E-state index >= 15 is 0 Å². The second-order valence-electron chi connectivity index (χ2n) is 5.50. The van der Waals surface area contributed by atoms with Crippen molar-refractivity contribution in [3.63, 3.8) is 0 Å². The van der Waals surface area contributed by atoms with Gasteiger partial charge in [0, 0.05) is 18.9 Å². The molecule has 0 spiro atoms. The van der Waals surface area contributed by atoms with E-state index < -0.39 is 0 Å². The number of benzene rings is 2. The summed E-state index contributed by atoms with van der Waals surface area (Å²) >= 11 is 0. The normalized spacial score (nSPS) is 12.0. The number of carbonyl (C=O) groups excluding carboxylic acids is 1. The number of rotatable bonds is 3. The Balaban J connectivity index is 2.27. The number of aryl methyl sites for hydroxylation is 1. The maximum Gasteiger partial charge on any atom is 0.308 e. The zero-order chi connectivity index (χ0) is 15.0. The lowest BCUT2D eigenvalue weighted by molar-refractivity contribution is -0.131. The largest absolute Gasteiger partial charge is 0.426 e. The molecule has 1 aliphatic carbocycles. The summed E-state index contributed by atoms with van der Waals surface area (Å²) in [5, 5.41) is 0. The van der Waals surface area contributed by atoms with Gasteiger partial charge in [-0.05, 0) is 40.7 Å².